The van der Waals surface area contributed by atoms with Gasteiger partial charge in [0.05, 0.1) is 0 Å². The molecule has 3 fully saturated rings. The number of hydrogen-bond acceptors (Lipinski definition) is 1. The van der Waals surface area contributed by atoms with Crippen molar-refractivity contribution >= 4 is 0 Å². The summed E-state index contributed by atoms with van der Waals surface area (Å²) in [5, 5.41) is 0. The number of rotatable bonds is 4. The first-order valence-corrected chi connectivity index (χ1v) is 10.8. The van der Waals surface area contributed by atoms with Gasteiger partial charge in [0.2, 0.25) is 0 Å². The average Bonchev–Trinajstić information content (AvgIpc) is 2.67. The Morgan fingerprint density at radius 2 is 1.56 bits per heavy atom. The molecule has 0 radical (unpaired) electrons. The highest BCUT2D eigenvalue weighted by molar-refractivity contribution is 5.30. The molecular formula is C24H32F2O. The molecule has 0 heterocycles. The Morgan fingerprint density at radius 3 is 2.22 bits per heavy atom. The summed E-state index contributed by atoms with van der Waals surface area (Å²) in [5.41, 5.74) is 1.30. The Hall–Kier alpha value is -1.38. The molecule has 0 bridgehead atoms. The first-order chi connectivity index (χ1) is 13.1. The van der Waals surface area contributed by atoms with Crippen LogP contribution in [0.2, 0.25) is 0 Å². The maximum atomic E-state index is 12.3. The summed E-state index contributed by atoms with van der Waals surface area (Å²) in [7, 11) is 0. The third kappa shape index (κ3) is 4.22. The van der Waals surface area contributed by atoms with E-state index < -0.39 is 6.61 Å². The lowest BCUT2D eigenvalue weighted by molar-refractivity contribution is -0.0498. The molecule has 0 spiro atoms. The van der Waals surface area contributed by atoms with Crippen molar-refractivity contribution in [3.63, 3.8) is 0 Å². The zero-order valence-corrected chi connectivity index (χ0v) is 16.3. The van der Waals surface area contributed by atoms with E-state index in [0.717, 1.165) is 29.6 Å². The van der Waals surface area contributed by atoms with E-state index >= 15 is 0 Å². The molecule has 0 N–H and O–H groups in total. The third-order valence-electron chi connectivity index (χ3n) is 7.62. The summed E-state index contributed by atoms with van der Waals surface area (Å²) >= 11 is 0. The molecule has 3 aliphatic rings. The molecule has 148 valence electrons. The predicted molar refractivity (Wildman–Crippen MR) is 105 cm³/mol. The van der Waals surface area contributed by atoms with Crippen LogP contribution in [0.15, 0.2) is 36.4 Å². The Morgan fingerprint density at radius 1 is 0.889 bits per heavy atom. The molecule has 0 aromatic heterocycles. The van der Waals surface area contributed by atoms with Crippen molar-refractivity contribution in [1.29, 1.82) is 0 Å². The molecule has 0 saturated heterocycles. The monoisotopic (exact) mass is 374 g/mol. The van der Waals surface area contributed by atoms with Gasteiger partial charge in [-0.25, -0.2) is 0 Å². The van der Waals surface area contributed by atoms with Crippen molar-refractivity contribution in [3.05, 3.63) is 42.0 Å². The number of halogens is 2. The highest BCUT2D eigenvalue weighted by atomic mass is 19.3. The van der Waals surface area contributed by atoms with Crippen molar-refractivity contribution in [3.8, 4) is 5.75 Å². The molecule has 0 aliphatic heterocycles. The van der Waals surface area contributed by atoms with Crippen LogP contribution < -0.4 is 4.74 Å². The second-order valence-electron chi connectivity index (χ2n) is 8.98. The van der Waals surface area contributed by atoms with Gasteiger partial charge in [0.1, 0.15) is 5.75 Å². The van der Waals surface area contributed by atoms with E-state index in [1.54, 1.807) is 12.1 Å². The first-order valence-electron chi connectivity index (χ1n) is 10.8. The van der Waals surface area contributed by atoms with Gasteiger partial charge in [-0.15, -0.1) is 0 Å². The second-order valence-corrected chi connectivity index (χ2v) is 8.98. The normalized spacial score (nSPS) is 36.4. The third-order valence-corrected chi connectivity index (χ3v) is 7.62. The van der Waals surface area contributed by atoms with Gasteiger partial charge in [-0.2, -0.15) is 8.78 Å². The number of hydrogen-bond donors (Lipinski definition) is 0. The van der Waals surface area contributed by atoms with E-state index in [-0.39, 0.29) is 5.75 Å². The molecule has 3 saturated carbocycles. The van der Waals surface area contributed by atoms with Gasteiger partial charge in [-0.05, 0) is 111 Å². The fourth-order valence-electron chi connectivity index (χ4n) is 6.50. The van der Waals surface area contributed by atoms with Crippen LogP contribution in [0.1, 0.15) is 69.8 Å². The zero-order valence-electron chi connectivity index (χ0n) is 16.3. The van der Waals surface area contributed by atoms with Gasteiger partial charge in [-0.3, -0.25) is 0 Å². The van der Waals surface area contributed by atoms with E-state index in [4.69, 9.17) is 0 Å². The summed E-state index contributed by atoms with van der Waals surface area (Å²) in [6.45, 7) is -0.597. The van der Waals surface area contributed by atoms with Gasteiger partial charge < -0.3 is 4.74 Å². The first kappa shape index (κ1) is 19.0. The van der Waals surface area contributed by atoms with Crippen LogP contribution >= 0.6 is 0 Å². The Bertz CT molecular complexity index is 638. The lowest BCUT2D eigenvalue weighted by Gasteiger charge is -2.50. The lowest BCUT2D eigenvalue weighted by atomic mass is 9.55. The van der Waals surface area contributed by atoms with Crippen LogP contribution in [0.3, 0.4) is 0 Å². The zero-order chi connectivity index (χ0) is 18.8. The molecule has 1 aromatic carbocycles. The molecule has 1 aromatic rings. The molecule has 0 amide bonds. The van der Waals surface area contributed by atoms with Crippen molar-refractivity contribution in [2.75, 3.05) is 0 Å². The van der Waals surface area contributed by atoms with Crippen LogP contribution in [0, 0.1) is 29.6 Å². The second kappa shape index (κ2) is 8.32. The minimum absolute atomic E-state index is 0.265. The maximum Gasteiger partial charge on any atom is 0.387 e. The molecule has 1 nitrogen and oxygen atoms in total. The van der Waals surface area contributed by atoms with Gasteiger partial charge >= 0.3 is 6.61 Å². The van der Waals surface area contributed by atoms with Crippen LogP contribution in [0.25, 0.3) is 0 Å². The van der Waals surface area contributed by atoms with Crippen molar-refractivity contribution in [2.45, 2.75) is 70.8 Å². The molecule has 27 heavy (non-hydrogen) atoms. The average molecular weight is 375 g/mol. The van der Waals surface area contributed by atoms with Crippen molar-refractivity contribution in [1.82, 2.24) is 0 Å². The topological polar surface area (TPSA) is 9.23 Å². The maximum absolute atomic E-state index is 12.3. The molecule has 3 aliphatic carbocycles. The van der Waals surface area contributed by atoms with E-state index in [0.29, 0.717) is 5.92 Å². The number of ether oxygens (including phenoxy) is 1. The Labute approximate surface area is 162 Å². The van der Waals surface area contributed by atoms with Crippen LogP contribution in [-0.4, -0.2) is 6.61 Å². The van der Waals surface area contributed by atoms with Crippen LogP contribution in [-0.2, 0) is 0 Å². The van der Waals surface area contributed by atoms with Gasteiger partial charge in [0.15, 0.2) is 0 Å². The summed E-state index contributed by atoms with van der Waals surface area (Å²) in [4.78, 5) is 0. The fraction of sp³-hybridized carbons (Fsp3) is 0.667. The minimum atomic E-state index is -2.75. The summed E-state index contributed by atoms with van der Waals surface area (Å²) in [5.74, 6) is 5.35. The van der Waals surface area contributed by atoms with Gasteiger partial charge in [-0.1, -0.05) is 24.3 Å². The molecule has 4 rings (SSSR count). The predicted octanol–water partition coefficient (Wildman–Crippen LogP) is 7.19. The fourth-order valence-corrected chi connectivity index (χ4v) is 6.50. The van der Waals surface area contributed by atoms with E-state index in [9.17, 15) is 8.78 Å². The van der Waals surface area contributed by atoms with E-state index in [2.05, 4.69) is 23.8 Å². The quantitative estimate of drug-likeness (QED) is 0.507. The highest BCUT2D eigenvalue weighted by Crippen LogP contribution is 2.54. The largest absolute Gasteiger partial charge is 0.435 e. The molecule has 0 unspecified atom stereocenters. The number of benzene rings is 1. The van der Waals surface area contributed by atoms with Gasteiger partial charge in [0, 0.05) is 0 Å². The van der Waals surface area contributed by atoms with Crippen LogP contribution in [0.4, 0.5) is 8.78 Å². The standard InChI is InChI=1S/C24H32F2O/c1-2-3-16-4-12-22-19(14-16)5-6-20-15-18(9-13-23(20)22)17-7-10-21(11-8-17)27-24(25)26/h2-3,7-8,10-11,16,18-20,22-24H,4-6,9,12-15H2,1H3/t16-,18-,19-,20+,22+,23+/m1/s1. The van der Waals surface area contributed by atoms with Gasteiger partial charge in [0.25, 0.3) is 0 Å². The smallest absolute Gasteiger partial charge is 0.387 e. The van der Waals surface area contributed by atoms with Crippen molar-refractivity contribution < 1.29 is 13.5 Å². The summed E-state index contributed by atoms with van der Waals surface area (Å²) < 4.78 is 29.2. The Kier molecular flexibility index (Phi) is 5.85. The number of alkyl halides is 2. The van der Waals surface area contributed by atoms with Crippen molar-refractivity contribution in [2.24, 2.45) is 29.6 Å². The Balaban J connectivity index is 1.37. The number of allylic oxidation sites excluding steroid dienone is 2. The molecule has 6 atom stereocenters. The molecular weight excluding hydrogens is 342 g/mol. The SMILES string of the molecule is CC=C[C@@H]1CC[C@H]2[C@H](CC[C@H]3C[C@H](c4ccc(OC(F)F)cc4)CC[C@@H]32)C1. The molecule has 3 heteroatoms. The van der Waals surface area contributed by atoms with E-state index in [1.807, 2.05) is 12.1 Å². The number of fused-ring (bicyclic) bond motifs is 3. The summed E-state index contributed by atoms with van der Waals surface area (Å²) in [6, 6.07) is 7.40. The summed E-state index contributed by atoms with van der Waals surface area (Å²) in [6.07, 6.45) is 15.5. The lowest BCUT2D eigenvalue weighted by Crippen LogP contribution is -2.41. The van der Waals surface area contributed by atoms with Crippen LogP contribution in [0.5, 0.6) is 5.75 Å². The highest BCUT2D eigenvalue weighted by Gasteiger charge is 2.44. The van der Waals surface area contributed by atoms with E-state index in [1.165, 1.54) is 56.9 Å². The minimum Gasteiger partial charge on any atom is -0.435 e.